The average molecular weight is 417 g/mol. The second kappa shape index (κ2) is 7.49. The molecule has 0 bridgehead atoms. The Balaban J connectivity index is 1.75. The number of aliphatic hydroxyl groups is 1. The van der Waals surface area contributed by atoms with Crippen molar-refractivity contribution >= 4 is 10.0 Å². The summed E-state index contributed by atoms with van der Waals surface area (Å²) in [6, 6.07) is 5.31. The summed E-state index contributed by atoms with van der Waals surface area (Å²) in [5, 5.41) is 12.2. The van der Waals surface area contributed by atoms with Crippen LogP contribution in [0.4, 0.5) is 13.2 Å². The highest BCUT2D eigenvalue weighted by molar-refractivity contribution is 7.90. The molecule has 0 radical (unpaired) electrons. The lowest BCUT2D eigenvalue weighted by Gasteiger charge is -2.14. The van der Waals surface area contributed by atoms with Crippen LogP contribution in [0, 0.1) is 0 Å². The number of aromatic nitrogens is 2. The zero-order valence-electron chi connectivity index (χ0n) is 15.5. The van der Waals surface area contributed by atoms with Crippen LogP contribution in [0.1, 0.15) is 41.8 Å². The van der Waals surface area contributed by atoms with Crippen molar-refractivity contribution < 1.29 is 26.7 Å². The molecule has 28 heavy (non-hydrogen) atoms. The third-order valence-corrected chi connectivity index (χ3v) is 6.68. The van der Waals surface area contributed by atoms with Crippen molar-refractivity contribution in [1.82, 2.24) is 14.5 Å². The van der Waals surface area contributed by atoms with Crippen LogP contribution in [0.15, 0.2) is 24.4 Å². The van der Waals surface area contributed by atoms with E-state index in [-0.39, 0.29) is 18.2 Å². The fourth-order valence-corrected chi connectivity index (χ4v) is 4.21. The Morgan fingerprint density at radius 3 is 2.54 bits per heavy atom. The molecule has 0 saturated carbocycles. The number of aliphatic hydroxyl groups excluding tert-OH is 1. The largest absolute Gasteiger partial charge is 0.435 e. The maximum absolute atomic E-state index is 13.0. The molecule has 3 rings (SSSR count). The van der Waals surface area contributed by atoms with E-state index in [2.05, 4.69) is 9.82 Å². The van der Waals surface area contributed by atoms with E-state index in [1.54, 1.807) is 19.9 Å². The lowest BCUT2D eigenvalue weighted by molar-refractivity contribution is -0.142. The Kier molecular flexibility index (Phi) is 5.57. The molecule has 0 unspecified atom stereocenters. The van der Waals surface area contributed by atoms with Gasteiger partial charge in [0.05, 0.1) is 18.4 Å². The molecule has 1 atom stereocenters. The van der Waals surface area contributed by atoms with Gasteiger partial charge in [-0.2, -0.15) is 18.3 Å². The van der Waals surface area contributed by atoms with Gasteiger partial charge < -0.3 is 5.11 Å². The van der Waals surface area contributed by atoms with E-state index in [1.807, 2.05) is 12.1 Å². The summed E-state index contributed by atoms with van der Waals surface area (Å²) in [6.07, 6.45) is -2.32. The van der Waals surface area contributed by atoms with E-state index in [0.29, 0.717) is 12.8 Å². The molecule has 1 heterocycles. The SMILES string of the molecule is CC(C)S(=O)(=O)N[C@@H]1Cc2ccc(Cn3cc(CO)c(C(F)(F)F)n3)cc2C1. The smallest absolute Gasteiger partial charge is 0.392 e. The molecule has 0 saturated heterocycles. The van der Waals surface area contributed by atoms with Gasteiger partial charge in [-0.25, -0.2) is 13.1 Å². The van der Waals surface area contributed by atoms with E-state index in [4.69, 9.17) is 5.11 Å². The van der Waals surface area contributed by atoms with Crippen LogP contribution in [0.3, 0.4) is 0 Å². The summed E-state index contributed by atoms with van der Waals surface area (Å²) in [5.41, 5.74) is 1.40. The third-order valence-electron chi connectivity index (χ3n) is 4.78. The van der Waals surface area contributed by atoms with Gasteiger partial charge in [0.2, 0.25) is 10.0 Å². The van der Waals surface area contributed by atoms with Gasteiger partial charge in [-0.3, -0.25) is 4.68 Å². The van der Waals surface area contributed by atoms with Crippen LogP contribution in [-0.2, 0) is 42.2 Å². The molecule has 1 aliphatic carbocycles. The summed E-state index contributed by atoms with van der Waals surface area (Å²) < 4.78 is 66.9. The Morgan fingerprint density at radius 2 is 1.96 bits per heavy atom. The molecule has 6 nitrogen and oxygen atoms in total. The van der Waals surface area contributed by atoms with Gasteiger partial charge in [0.25, 0.3) is 0 Å². The summed E-state index contributed by atoms with van der Waals surface area (Å²) in [5.74, 6) is 0. The quantitative estimate of drug-likeness (QED) is 0.755. The number of benzene rings is 1. The van der Waals surface area contributed by atoms with Crippen LogP contribution in [0.5, 0.6) is 0 Å². The zero-order valence-corrected chi connectivity index (χ0v) is 16.3. The number of halogens is 3. The van der Waals surface area contributed by atoms with Crippen molar-refractivity contribution in [2.45, 2.75) is 57.3 Å². The van der Waals surface area contributed by atoms with Crippen LogP contribution in [0.25, 0.3) is 0 Å². The molecule has 10 heteroatoms. The first-order chi connectivity index (χ1) is 13.0. The average Bonchev–Trinajstić information content (AvgIpc) is 3.16. The van der Waals surface area contributed by atoms with Gasteiger partial charge in [0.15, 0.2) is 5.69 Å². The summed E-state index contributed by atoms with van der Waals surface area (Å²) in [4.78, 5) is 0. The Bertz CT molecular complexity index is 968. The molecule has 2 aromatic rings. The van der Waals surface area contributed by atoms with Crippen LogP contribution in [0.2, 0.25) is 0 Å². The molecule has 0 spiro atoms. The molecule has 0 aliphatic heterocycles. The summed E-state index contributed by atoms with van der Waals surface area (Å²) in [6.45, 7) is 2.61. The first kappa shape index (κ1) is 20.8. The highest BCUT2D eigenvalue weighted by Crippen LogP contribution is 2.31. The van der Waals surface area contributed by atoms with E-state index in [1.165, 1.54) is 6.20 Å². The Morgan fingerprint density at radius 1 is 1.29 bits per heavy atom. The lowest BCUT2D eigenvalue weighted by atomic mass is 10.1. The standard InChI is InChI=1S/C18H22F3N3O3S/c1-11(2)28(26,27)23-16-6-13-4-3-12(5-14(13)7-16)8-24-9-15(10-25)17(22-24)18(19,20)21/h3-5,9,11,16,23,25H,6-8,10H2,1-2H3/t16-/m1/s1. The number of sulfonamides is 1. The number of fused-ring (bicyclic) bond motifs is 1. The first-order valence-corrected chi connectivity index (χ1v) is 10.4. The van der Waals surface area contributed by atoms with Gasteiger partial charge in [-0.15, -0.1) is 0 Å². The fourth-order valence-electron chi connectivity index (χ4n) is 3.31. The molecule has 0 amide bonds. The van der Waals surface area contributed by atoms with Gasteiger partial charge >= 0.3 is 6.18 Å². The third kappa shape index (κ3) is 4.39. The van der Waals surface area contributed by atoms with Crippen LogP contribution in [-0.4, -0.2) is 34.6 Å². The number of hydrogen-bond acceptors (Lipinski definition) is 4. The van der Waals surface area contributed by atoms with E-state index in [0.717, 1.165) is 21.4 Å². The lowest BCUT2D eigenvalue weighted by Crippen LogP contribution is -2.39. The maximum atomic E-state index is 13.0. The highest BCUT2D eigenvalue weighted by Gasteiger charge is 2.37. The Hall–Kier alpha value is -1.91. The van der Waals surface area contributed by atoms with Gasteiger partial charge in [-0.1, -0.05) is 18.2 Å². The maximum Gasteiger partial charge on any atom is 0.435 e. The number of nitrogens with one attached hydrogen (secondary N) is 1. The molecular weight excluding hydrogens is 395 g/mol. The molecule has 154 valence electrons. The normalized spacial score (nSPS) is 17.3. The molecule has 2 N–H and O–H groups in total. The number of rotatable bonds is 6. The molecule has 1 aliphatic rings. The molecule has 1 aromatic carbocycles. The van der Waals surface area contributed by atoms with Crippen molar-refractivity contribution in [3.05, 3.63) is 52.3 Å². The molecule has 0 fully saturated rings. The minimum Gasteiger partial charge on any atom is -0.392 e. The number of nitrogens with zero attached hydrogens (tertiary/aromatic N) is 2. The van der Waals surface area contributed by atoms with Crippen molar-refractivity contribution in [2.24, 2.45) is 0 Å². The predicted octanol–water partition coefficient (Wildman–Crippen LogP) is 2.24. The van der Waals surface area contributed by atoms with Gasteiger partial charge in [0, 0.05) is 17.8 Å². The van der Waals surface area contributed by atoms with E-state index >= 15 is 0 Å². The van der Waals surface area contributed by atoms with Crippen molar-refractivity contribution in [3.63, 3.8) is 0 Å². The predicted molar refractivity (Wildman–Crippen MR) is 97.1 cm³/mol. The molecular formula is C18H22F3N3O3S. The second-order valence-corrected chi connectivity index (χ2v) is 9.54. The van der Waals surface area contributed by atoms with Crippen molar-refractivity contribution in [2.75, 3.05) is 0 Å². The summed E-state index contributed by atoms with van der Waals surface area (Å²) in [7, 11) is -3.37. The zero-order chi connectivity index (χ0) is 20.7. The minimum absolute atomic E-state index is 0.124. The Labute approximate surface area is 161 Å². The van der Waals surface area contributed by atoms with Crippen molar-refractivity contribution in [3.8, 4) is 0 Å². The van der Waals surface area contributed by atoms with Crippen molar-refractivity contribution in [1.29, 1.82) is 0 Å². The van der Waals surface area contributed by atoms with Crippen LogP contribution < -0.4 is 4.72 Å². The molecule has 1 aromatic heterocycles. The van der Waals surface area contributed by atoms with E-state index < -0.39 is 33.8 Å². The van der Waals surface area contributed by atoms with E-state index in [9.17, 15) is 21.6 Å². The summed E-state index contributed by atoms with van der Waals surface area (Å²) >= 11 is 0. The monoisotopic (exact) mass is 417 g/mol. The van der Waals surface area contributed by atoms with Crippen LogP contribution >= 0.6 is 0 Å². The first-order valence-electron chi connectivity index (χ1n) is 8.86. The fraction of sp³-hybridized carbons (Fsp3) is 0.500. The number of alkyl halides is 3. The second-order valence-electron chi connectivity index (χ2n) is 7.28. The topological polar surface area (TPSA) is 84.2 Å². The number of hydrogen-bond donors (Lipinski definition) is 2. The minimum atomic E-state index is -4.62. The highest BCUT2D eigenvalue weighted by atomic mass is 32.2. The van der Waals surface area contributed by atoms with Gasteiger partial charge in [-0.05, 0) is 43.4 Å². The van der Waals surface area contributed by atoms with Gasteiger partial charge in [0.1, 0.15) is 0 Å².